The Labute approximate surface area is 308 Å². The summed E-state index contributed by atoms with van der Waals surface area (Å²) in [5.74, 6) is -10.5. The van der Waals surface area contributed by atoms with E-state index in [0.717, 1.165) is 0 Å². The van der Waals surface area contributed by atoms with Crippen LogP contribution in [-0.2, 0) is 48.0 Å². The van der Waals surface area contributed by atoms with E-state index < -0.39 is 109 Å². The summed E-state index contributed by atoms with van der Waals surface area (Å²) in [5.41, 5.74) is -2.98. The van der Waals surface area contributed by atoms with E-state index in [-0.39, 0.29) is 35.7 Å². The lowest BCUT2D eigenvalue weighted by molar-refractivity contribution is -0.599. The molecule has 0 amide bonds. The average Bonchev–Trinajstić information content (AvgIpc) is 3.47. The minimum Gasteiger partial charge on any atom is -0.456 e. The zero-order valence-electron chi connectivity index (χ0n) is 30.9. The smallest absolute Gasteiger partial charge is 0.449 e. The van der Waals surface area contributed by atoms with Gasteiger partial charge < -0.3 is 38.6 Å². The second-order valence-electron chi connectivity index (χ2n) is 17.3. The summed E-state index contributed by atoms with van der Waals surface area (Å²) >= 11 is 0. The van der Waals surface area contributed by atoms with Gasteiger partial charge in [-0.1, -0.05) is 20.8 Å². The first-order valence-corrected chi connectivity index (χ1v) is 19.1. The fourth-order valence-electron chi connectivity index (χ4n) is 11.1. The summed E-state index contributed by atoms with van der Waals surface area (Å²) in [6.07, 6.45) is -13.0. The van der Waals surface area contributed by atoms with Gasteiger partial charge in [0.25, 0.3) is 5.79 Å². The van der Waals surface area contributed by atoms with Gasteiger partial charge in [0.2, 0.25) is 23.6 Å². The van der Waals surface area contributed by atoms with Crippen molar-refractivity contribution in [2.24, 2.45) is 41.4 Å². The van der Waals surface area contributed by atoms with Crippen LogP contribution in [0, 0.1) is 41.4 Å². The number of hydrogen-bond donors (Lipinski definition) is 2. The third-order valence-electron chi connectivity index (χ3n) is 14.0. The molecule has 2 saturated carbocycles. The second kappa shape index (κ2) is 13.1. The van der Waals surface area contributed by atoms with Crippen LogP contribution >= 0.6 is 0 Å². The van der Waals surface area contributed by atoms with E-state index in [1.807, 2.05) is 13.8 Å². The Hall–Kier alpha value is -1.32. The van der Waals surface area contributed by atoms with E-state index in [4.69, 9.17) is 48.0 Å². The molecule has 16 atom stereocenters. The van der Waals surface area contributed by atoms with Crippen molar-refractivity contribution in [3.05, 3.63) is 11.3 Å². The van der Waals surface area contributed by atoms with Crippen molar-refractivity contribution in [2.45, 2.75) is 152 Å². The molecule has 12 nitrogen and oxygen atoms in total. The van der Waals surface area contributed by atoms with Crippen LogP contribution in [0.3, 0.4) is 0 Å². The standard InChI is InChI=1S/C36H50F6O12/c1-17-6-8-23-19(3)34(36(40,41)42,50-29-32(23)21(17)10-13-31(5,49-29)52-53-32)46-16-26(44)25(43)15-45-14-20-24-9-7-18(2)22-11-12-30(4)48-28(33(22,24)54-51-30)47-27(20)35(37,38)39/h17-19,21-26,28-29,43-44H,6-16H2,1-5H3/t17-,18-,19-,21?,22?,23+,24+,25+,26+,28-,29+,30+,31+,32-,33-,34-/m1/s1. The Bertz CT molecular complexity index is 1480. The molecule has 0 aromatic heterocycles. The normalized spacial score (nSPS) is 49.7. The molecule has 54 heavy (non-hydrogen) atoms. The van der Waals surface area contributed by atoms with Gasteiger partial charge >= 0.3 is 12.4 Å². The van der Waals surface area contributed by atoms with Crippen molar-refractivity contribution < 1.29 is 84.5 Å². The lowest BCUT2D eigenvalue weighted by Gasteiger charge is -2.63. The maximum Gasteiger partial charge on any atom is 0.449 e. The zero-order chi connectivity index (χ0) is 38.9. The van der Waals surface area contributed by atoms with Gasteiger partial charge in [0.15, 0.2) is 17.5 Å². The molecule has 2 spiro atoms. The summed E-state index contributed by atoms with van der Waals surface area (Å²) in [6, 6.07) is 0. The molecule has 0 aromatic rings. The van der Waals surface area contributed by atoms with Crippen molar-refractivity contribution in [1.29, 1.82) is 0 Å². The molecular formula is C36H50F6O12. The summed E-state index contributed by atoms with van der Waals surface area (Å²) < 4.78 is 124. The van der Waals surface area contributed by atoms with Gasteiger partial charge in [-0.2, -0.15) is 26.3 Å². The monoisotopic (exact) mass is 788 g/mol. The number of hydrogen-bond acceptors (Lipinski definition) is 12. The van der Waals surface area contributed by atoms with Gasteiger partial charge in [0.1, 0.15) is 12.2 Å². The quantitative estimate of drug-likeness (QED) is 0.223. The highest BCUT2D eigenvalue weighted by molar-refractivity contribution is 5.28. The fraction of sp³-hybridized carbons (Fsp3) is 0.944. The van der Waals surface area contributed by atoms with Crippen LogP contribution < -0.4 is 0 Å². The highest BCUT2D eigenvalue weighted by Gasteiger charge is 2.77. The second-order valence-corrected chi connectivity index (χ2v) is 17.3. The lowest BCUT2D eigenvalue weighted by Crippen LogP contribution is -2.76. The Morgan fingerprint density at radius 1 is 0.704 bits per heavy atom. The number of alkyl halides is 6. The lowest BCUT2D eigenvalue weighted by atomic mass is 9.57. The van der Waals surface area contributed by atoms with Crippen LogP contribution in [0.15, 0.2) is 11.3 Å². The highest BCUT2D eigenvalue weighted by atomic mass is 19.4. The van der Waals surface area contributed by atoms with E-state index in [0.29, 0.717) is 44.9 Å². The summed E-state index contributed by atoms with van der Waals surface area (Å²) in [4.78, 5) is 23.3. The average molecular weight is 789 g/mol. The van der Waals surface area contributed by atoms with Crippen LogP contribution in [0.2, 0.25) is 0 Å². The van der Waals surface area contributed by atoms with Crippen LogP contribution in [0.25, 0.3) is 0 Å². The van der Waals surface area contributed by atoms with Crippen LogP contribution in [0.5, 0.6) is 0 Å². The highest BCUT2D eigenvalue weighted by Crippen LogP contribution is 2.65. The molecule has 4 bridgehead atoms. The minimum atomic E-state index is -5.12. The van der Waals surface area contributed by atoms with Crippen molar-refractivity contribution >= 4 is 0 Å². The van der Waals surface area contributed by atoms with Gasteiger partial charge in [-0.25, -0.2) is 19.6 Å². The number of fused-ring (bicyclic) bond motifs is 4. The van der Waals surface area contributed by atoms with E-state index in [2.05, 4.69) is 0 Å². The van der Waals surface area contributed by atoms with Gasteiger partial charge in [-0.3, -0.25) is 0 Å². The molecule has 18 heteroatoms. The van der Waals surface area contributed by atoms with E-state index in [1.165, 1.54) is 6.92 Å². The largest absolute Gasteiger partial charge is 0.456 e. The van der Waals surface area contributed by atoms with Crippen LogP contribution in [-0.4, -0.2) is 95.7 Å². The van der Waals surface area contributed by atoms with Crippen LogP contribution in [0.4, 0.5) is 26.3 Å². The Morgan fingerprint density at radius 3 is 1.91 bits per heavy atom. The minimum absolute atomic E-state index is 0.0595. The van der Waals surface area contributed by atoms with Crippen molar-refractivity contribution in [1.82, 2.24) is 0 Å². The number of aliphatic hydroxyl groups excluding tert-OH is 2. The first-order chi connectivity index (χ1) is 25.2. The molecule has 7 saturated heterocycles. The molecule has 10 rings (SSSR count). The molecule has 2 unspecified atom stereocenters. The number of halogens is 6. The Morgan fingerprint density at radius 2 is 1.28 bits per heavy atom. The molecule has 2 aliphatic carbocycles. The molecule has 10 aliphatic rings. The van der Waals surface area contributed by atoms with E-state index in [9.17, 15) is 23.4 Å². The molecule has 9 fully saturated rings. The Kier molecular flexibility index (Phi) is 9.58. The molecular weight excluding hydrogens is 738 g/mol. The third kappa shape index (κ3) is 5.81. The molecule has 8 heterocycles. The third-order valence-corrected chi connectivity index (χ3v) is 14.0. The predicted octanol–water partition coefficient (Wildman–Crippen LogP) is 5.94. The zero-order valence-corrected chi connectivity index (χ0v) is 30.9. The maximum absolute atomic E-state index is 15.2. The van der Waals surface area contributed by atoms with Gasteiger partial charge in [-0.05, 0) is 70.1 Å². The van der Waals surface area contributed by atoms with Gasteiger partial charge in [0.05, 0.1) is 19.8 Å². The summed E-state index contributed by atoms with van der Waals surface area (Å²) in [6.45, 7) is 6.05. The molecule has 8 aliphatic heterocycles. The molecule has 0 radical (unpaired) electrons. The predicted molar refractivity (Wildman–Crippen MR) is 168 cm³/mol. The number of aliphatic hydroxyl groups is 2. The van der Waals surface area contributed by atoms with E-state index in [1.54, 1.807) is 13.8 Å². The fourth-order valence-corrected chi connectivity index (χ4v) is 11.1. The number of allylic oxidation sites excluding steroid dienone is 1. The number of rotatable bonds is 8. The SMILES string of the molecule is C[C@@H]1CC[C@H]2C(COC[C@H](O)[C@@H](O)CO[C@@]3(C(F)(F)F)O[C@@H]4O[C@]5(C)CCC6[C@H](C)CC[C@@H]([C@H]3C)[C@]64OO5)=C(C(F)(F)F)O[C@@H]3O[C@]4(C)CCC1[C@]32OO4. The first kappa shape index (κ1) is 39.5. The topological polar surface area (TPSA) is 133 Å². The molecule has 308 valence electrons. The van der Waals surface area contributed by atoms with Gasteiger partial charge in [0, 0.05) is 42.1 Å². The maximum atomic E-state index is 15.2. The van der Waals surface area contributed by atoms with Crippen molar-refractivity contribution in [3.8, 4) is 0 Å². The molecule has 2 N–H and O–H groups in total. The van der Waals surface area contributed by atoms with Crippen molar-refractivity contribution in [2.75, 3.05) is 19.8 Å². The first-order valence-electron chi connectivity index (χ1n) is 19.1. The van der Waals surface area contributed by atoms with Gasteiger partial charge in [-0.15, -0.1) is 0 Å². The van der Waals surface area contributed by atoms with E-state index >= 15 is 13.2 Å². The molecule has 0 aromatic carbocycles. The summed E-state index contributed by atoms with van der Waals surface area (Å²) in [5, 5.41) is 21.8. The number of ether oxygens (including phenoxy) is 6. The van der Waals surface area contributed by atoms with Crippen LogP contribution in [0.1, 0.15) is 86.0 Å². The Balaban J connectivity index is 0.982. The van der Waals surface area contributed by atoms with Crippen molar-refractivity contribution in [3.63, 3.8) is 0 Å². The summed E-state index contributed by atoms with van der Waals surface area (Å²) in [7, 11) is 0.